The van der Waals surface area contributed by atoms with Gasteiger partial charge in [-0.25, -0.2) is 9.78 Å². The molecule has 0 saturated carbocycles. The number of nitrogens with one attached hydrogen (secondary N) is 1. The summed E-state index contributed by atoms with van der Waals surface area (Å²) in [6, 6.07) is 30.1. The summed E-state index contributed by atoms with van der Waals surface area (Å²) in [5, 5.41) is 13.4. The summed E-state index contributed by atoms with van der Waals surface area (Å²) < 4.78 is 1.91. The Balaban J connectivity index is 1.39. The number of carbonyl (C=O) groups is 2. The Bertz CT molecular complexity index is 1860. The molecule has 0 aliphatic heterocycles. The number of aromatic nitrogens is 3. The van der Waals surface area contributed by atoms with Crippen molar-refractivity contribution in [3.8, 4) is 11.1 Å². The Morgan fingerprint density at radius 3 is 2.45 bits per heavy atom. The van der Waals surface area contributed by atoms with Gasteiger partial charge in [0.15, 0.2) is 0 Å². The Morgan fingerprint density at radius 1 is 0.875 bits per heavy atom. The number of imidazole rings is 1. The van der Waals surface area contributed by atoms with Gasteiger partial charge in [0, 0.05) is 29.9 Å². The van der Waals surface area contributed by atoms with Crippen LogP contribution in [-0.4, -0.2) is 31.4 Å². The first kappa shape index (κ1) is 25.0. The van der Waals surface area contributed by atoms with Crippen LogP contribution in [0.3, 0.4) is 0 Å². The fraction of sp³-hybridized carbons (Fsp3) is 0.0909. The van der Waals surface area contributed by atoms with Gasteiger partial charge < -0.3 is 10.4 Å². The van der Waals surface area contributed by atoms with Crippen LogP contribution >= 0.6 is 0 Å². The summed E-state index contributed by atoms with van der Waals surface area (Å²) >= 11 is 0. The van der Waals surface area contributed by atoms with E-state index in [0.29, 0.717) is 17.8 Å². The van der Waals surface area contributed by atoms with E-state index in [1.165, 1.54) is 0 Å². The van der Waals surface area contributed by atoms with Crippen molar-refractivity contribution in [2.75, 3.05) is 0 Å². The summed E-state index contributed by atoms with van der Waals surface area (Å²) in [6.07, 6.45) is 4.19. The SMILES string of the molecule is C[C@H](NC(=O)c1cc(-c2ccccc2)cc2ncc(Cc3ccc4ncccc4c3)n12)c1ccc(C(=O)O)cc1. The summed E-state index contributed by atoms with van der Waals surface area (Å²) in [7, 11) is 0. The van der Waals surface area contributed by atoms with Crippen LogP contribution in [0.4, 0.5) is 0 Å². The van der Waals surface area contributed by atoms with Crippen molar-refractivity contribution in [1.29, 1.82) is 0 Å². The third-order valence-corrected chi connectivity index (χ3v) is 7.08. The van der Waals surface area contributed by atoms with Gasteiger partial charge in [-0.05, 0) is 71.6 Å². The van der Waals surface area contributed by atoms with Gasteiger partial charge in [-0.1, -0.05) is 54.6 Å². The molecule has 6 aromatic rings. The monoisotopic (exact) mass is 526 g/mol. The lowest BCUT2D eigenvalue weighted by atomic mass is 10.0. The molecule has 6 rings (SSSR count). The van der Waals surface area contributed by atoms with Crippen molar-refractivity contribution in [1.82, 2.24) is 19.7 Å². The zero-order chi connectivity index (χ0) is 27.6. The molecule has 0 aliphatic carbocycles. The van der Waals surface area contributed by atoms with E-state index in [0.717, 1.165) is 38.9 Å². The number of hydrogen-bond donors (Lipinski definition) is 2. The molecule has 0 fully saturated rings. The fourth-order valence-electron chi connectivity index (χ4n) is 4.98. The standard InChI is InChI=1S/C33H26N4O3/c1-21(23-10-12-25(13-11-23)33(39)40)36-32(38)30-18-27(24-6-3-2-4-7-24)19-31-35-20-28(37(30)31)17-22-9-14-29-26(16-22)8-5-15-34-29/h2-16,18-21H,17H2,1H3,(H,36,38)(H,39,40)/t21-/m0/s1. The molecule has 0 unspecified atom stereocenters. The second kappa shape index (κ2) is 10.5. The first-order valence-corrected chi connectivity index (χ1v) is 13.0. The van der Waals surface area contributed by atoms with E-state index in [4.69, 9.17) is 0 Å². The van der Waals surface area contributed by atoms with Crippen molar-refractivity contribution >= 4 is 28.4 Å². The van der Waals surface area contributed by atoms with Gasteiger partial charge in [-0.15, -0.1) is 0 Å². The zero-order valence-corrected chi connectivity index (χ0v) is 21.8. The molecule has 1 amide bonds. The molecular weight excluding hydrogens is 500 g/mol. The Kier molecular flexibility index (Phi) is 6.54. The van der Waals surface area contributed by atoms with E-state index >= 15 is 0 Å². The van der Waals surface area contributed by atoms with Gasteiger partial charge in [0.05, 0.1) is 17.1 Å². The average molecular weight is 527 g/mol. The molecule has 3 aromatic carbocycles. The fourth-order valence-corrected chi connectivity index (χ4v) is 4.98. The quantitative estimate of drug-likeness (QED) is 0.253. The van der Waals surface area contributed by atoms with Crippen molar-refractivity contribution in [2.45, 2.75) is 19.4 Å². The predicted molar refractivity (Wildman–Crippen MR) is 154 cm³/mol. The molecule has 0 bridgehead atoms. The maximum atomic E-state index is 13.8. The number of rotatable bonds is 7. The average Bonchev–Trinajstić information content (AvgIpc) is 3.39. The lowest BCUT2D eigenvalue weighted by Gasteiger charge is -2.17. The molecule has 0 radical (unpaired) electrons. The number of benzene rings is 3. The minimum absolute atomic E-state index is 0.201. The van der Waals surface area contributed by atoms with Crippen LogP contribution in [0.15, 0.2) is 109 Å². The van der Waals surface area contributed by atoms with Gasteiger partial charge in [0.1, 0.15) is 11.3 Å². The van der Waals surface area contributed by atoms with E-state index in [2.05, 4.69) is 27.4 Å². The first-order chi connectivity index (χ1) is 19.5. The van der Waals surface area contributed by atoms with Crippen molar-refractivity contribution in [2.24, 2.45) is 0 Å². The number of pyridine rings is 2. The van der Waals surface area contributed by atoms with Gasteiger partial charge in [-0.3, -0.25) is 14.2 Å². The van der Waals surface area contributed by atoms with Crippen molar-refractivity contribution < 1.29 is 14.7 Å². The van der Waals surface area contributed by atoms with Crippen LogP contribution in [0.1, 0.15) is 50.6 Å². The van der Waals surface area contributed by atoms with E-state index in [1.807, 2.05) is 78.2 Å². The summed E-state index contributed by atoms with van der Waals surface area (Å²) in [4.78, 5) is 34.2. The largest absolute Gasteiger partial charge is 0.478 e. The van der Waals surface area contributed by atoms with E-state index in [1.54, 1.807) is 30.5 Å². The minimum Gasteiger partial charge on any atom is -0.478 e. The molecule has 0 aliphatic rings. The summed E-state index contributed by atoms with van der Waals surface area (Å²) in [6.45, 7) is 1.88. The second-order valence-electron chi connectivity index (χ2n) is 9.77. The number of carboxylic acids is 1. The Labute approximate surface area is 230 Å². The summed E-state index contributed by atoms with van der Waals surface area (Å²) in [5.41, 5.74) is 6.96. The lowest BCUT2D eigenvalue weighted by Crippen LogP contribution is -2.28. The summed E-state index contributed by atoms with van der Waals surface area (Å²) in [5.74, 6) is -1.24. The number of nitrogens with zero attached hydrogens (tertiary/aromatic N) is 3. The number of hydrogen-bond acceptors (Lipinski definition) is 4. The molecule has 7 heteroatoms. The van der Waals surface area contributed by atoms with Crippen LogP contribution in [0.25, 0.3) is 27.7 Å². The van der Waals surface area contributed by atoms with Gasteiger partial charge in [-0.2, -0.15) is 0 Å². The maximum absolute atomic E-state index is 13.8. The normalized spacial score (nSPS) is 11.9. The highest BCUT2D eigenvalue weighted by Crippen LogP contribution is 2.26. The van der Waals surface area contributed by atoms with Crippen molar-refractivity contribution in [3.63, 3.8) is 0 Å². The van der Waals surface area contributed by atoms with E-state index < -0.39 is 5.97 Å². The first-order valence-electron chi connectivity index (χ1n) is 13.0. The van der Waals surface area contributed by atoms with E-state index in [-0.39, 0.29) is 17.5 Å². The number of carbonyl (C=O) groups excluding carboxylic acids is 1. The zero-order valence-electron chi connectivity index (χ0n) is 21.8. The molecule has 40 heavy (non-hydrogen) atoms. The molecule has 0 spiro atoms. The molecule has 0 saturated heterocycles. The van der Waals surface area contributed by atoms with Crippen LogP contribution in [-0.2, 0) is 6.42 Å². The number of aromatic carboxylic acids is 1. The molecule has 7 nitrogen and oxygen atoms in total. The molecule has 3 heterocycles. The number of carboxylic acid groups (broad SMARTS) is 1. The van der Waals surface area contributed by atoms with Crippen LogP contribution in [0, 0.1) is 0 Å². The number of fused-ring (bicyclic) bond motifs is 2. The third-order valence-electron chi connectivity index (χ3n) is 7.08. The molecule has 2 N–H and O–H groups in total. The molecule has 1 atom stereocenters. The topological polar surface area (TPSA) is 96.6 Å². The highest BCUT2D eigenvalue weighted by Gasteiger charge is 2.19. The Morgan fingerprint density at radius 2 is 1.68 bits per heavy atom. The van der Waals surface area contributed by atoms with E-state index in [9.17, 15) is 14.7 Å². The molecular formula is C33H26N4O3. The van der Waals surface area contributed by atoms with Crippen LogP contribution in [0.2, 0.25) is 0 Å². The highest BCUT2D eigenvalue weighted by atomic mass is 16.4. The minimum atomic E-state index is -0.987. The Hall–Kier alpha value is -5.30. The maximum Gasteiger partial charge on any atom is 0.335 e. The number of amides is 1. The molecule has 3 aromatic heterocycles. The van der Waals surface area contributed by atoms with Crippen LogP contribution in [0.5, 0.6) is 0 Å². The lowest BCUT2D eigenvalue weighted by molar-refractivity contribution is 0.0696. The van der Waals surface area contributed by atoms with Gasteiger partial charge in [0.2, 0.25) is 0 Å². The molecule has 196 valence electrons. The van der Waals surface area contributed by atoms with Gasteiger partial charge >= 0.3 is 5.97 Å². The van der Waals surface area contributed by atoms with Crippen LogP contribution < -0.4 is 5.32 Å². The third kappa shape index (κ3) is 4.92. The van der Waals surface area contributed by atoms with Gasteiger partial charge in [0.25, 0.3) is 5.91 Å². The second-order valence-corrected chi connectivity index (χ2v) is 9.77. The van der Waals surface area contributed by atoms with Crippen molar-refractivity contribution in [3.05, 3.63) is 138 Å². The predicted octanol–water partition coefficient (Wildman–Crippen LogP) is 6.33. The smallest absolute Gasteiger partial charge is 0.335 e. The highest BCUT2D eigenvalue weighted by molar-refractivity contribution is 5.95.